The molecule has 0 aliphatic heterocycles. The highest BCUT2D eigenvalue weighted by Crippen LogP contribution is 2.60. The number of nitrogens with zero attached hydrogens (tertiary/aromatic N) is 1. The van der Waals surface area contributed by atoms with E-state index in [1.807, 2.05) is 0 Å². The molecule has 13 aromatic rings. The van der Waals surface area contributed by atoms with Gasteiger partial charge < -0.3 is 9.64 Å². The van der Waals surface area contributed by atoms with Gasteiger partial charge in [0.15, 0.2) is 0 Å². The van der Waals surface area contributed by atoms with E-state index in [1.54, 1.807) is 0 Å². The zero-order chi connectivity index (χ0) is 63.3. The van der Waals surface area contributed by atoms with Gasteiger partial charge in [-0.15, -0.1) is 0 Å². The Morgan fingerprint density at radius 3 is 1.32 bits per heavy atom. The predicted octanol–water partition coefficient (Wildman–Crippen LogP) is 23.7. The number of fused-ring (bicyclic) bond motifs is 7. The molecule has 16 rings (SSSR count). The van der Waals surface area contributed by atoms with Gasteiger partial charge in [-0.2, -0.15) is 0 Å². The zero-order valence-corrected chi connectivity index (χ0v) is 54.1. The SMILES string of the molecule is CCC(CC(C)c1ccc(COc2ccc(C3(c4ccc(C(C)C)cc4)c4ccccc4-c4ccc(N(c5ccc(-c6ccccc6)cc5)c5ccc6c(c5)C(c5ccccc5)(c5ccccc5)c5ccccc5-6)cc43)cc2)cc1)c1ccc(-c2ccc3c(c2)CC3)cc1. The van der Waals surface area contributed by atoms with E-state index in [1.165, 1.54) is 130 Å². The van der Waals surface area contributed by atoms with Gasteiger partial charge in [-0.25, -0.2) is 0 Å². The van der Waals surface area contributed by atoms with Crippen molar-refractivity contribution in [1.29, 1.82) is 0 Å². The summed E-state index contributed by atoms with van der Waals surface area (Å²) in [5.41, 5.74) is 30.3. The molecule has 0 spiro atoms. The fourth-order valence-corrected chi connectivity index (χ4v) is 16.1. The topological polar surface area (TPSA) is 12.5 Å². The predicted molar refractivity (Wildman–Crippen MR) is 391 cm³/mol. The van der Waals surface area contributed by atoms with E-state index in [9.17, 15) is 0 Å². The number of ether oxygens (including phenoxy) is 1. The zero-order valence-electron chi connectivity index (χ0n) is 54.1. The summed E-state index contributed by atoms with van der Waals surface area (Å²) in [5.74, 6) is 2.14. The quantitative estimate of drug-likeness (QED) is 0.0849. The molecule has 0 aromatic heterocycles. The largest absolute Gasteiger partial charge is 0.489 e. The third-order valence-corrected chi connectivity index (χ3v) is 21.2. The molecule has 3 aliphatic rings. The molecule has 0 heterocycles. The first-order chi connectivity index (χ1) is 46.3. The van der Waals surface area contributed by atoms with Crippen molar-refractivity contribution >= 4 is 17.1 Å². The highest BCUT2D eigenvalue weighted by atomic mass is 16.5. The van der Waals surface area contributed by atoms with E-state index in [-0.39, 0.29) is 0 Å². The molecule has 0 N–H and O–H groups in total. The smallest absolute Gasteiger partial charge is 0.119 e. The Labute approximate surface area is 555 Å². The standard InChI is InChI=1S/C92H77NO/c1-5-65(69-33-35-71(36-34-69)73-39-37-72-38-40-74(72)58-73)57-63(4)67-31-29-64(30-32-67)61-94-82-53-47-78(48-54-82)92(77-45-41-66(42-46-77)62(2)3)88-28-18-16-26-84(88)86-56-52-81(60-90(86)92)93(79-49-43-70(44-50-79)68-19-9-6-10-20-68)80-51-55-85-83-25-15-17-27-87(83)91(89(85)59-80,75-21-11-7-12-22-75)76-23-13-8-14-24-76/h6-37,39,41-56,58-60,62-63,65H,5,38,40,57,61H2,1-4H3. The van der Waals surface area contributed by atoms with Gasteiger partial charge in [-0.1, -0.05) is 295 Å². The average Bonchev–Trinajstić information content (AvgIpc) is 1.52. The molecule has 94 heavy (non-hydrogen) atoms. The number of benzene rings is 13. The summed E-state index contributed by atoms with van der Waals surface area (Å²) < 4.78 is 6.73. The summed E-state index contributed by atoms with van der Waals surface area (Å²) >= 11 is 0. The van der Waals surface area contributed by atoms with Gasteiger partial charge in [0.2, 0.25) is 0 Å². The fraction of sp³-hybridized carbons (Fsp3) is 0.152. The van der Waals surface area contributed by atoms with Crippen LogP contribution in [0.5, 0.6) is 5.75 Å². The third kappa shape index (κ3) is 10.1. The molecular weight excluding hydrogens is 1140 g/mol. The third-order valence-electron chi connectivity index (χ3n) is 21.2. The van der Waals surface area contributed by atoms with Crippen molar-refractivity contribution in [3.63, 3.8) is 0 Å². The molecule has 3 aliphatic carbocycles. The summed E-state index contributed by atoms with van der Waals surface area (Å²) in [6, 6.07) is 119. The van der Waals surface area contributed by atoms with Crippen molar-refractivity contribution in [2.75, 3.05) is 4.90 Å². The highest BCUT2D eigenvalue weighted by molar-refractivity contribution is 5.92. The van der Waals surface area contributed by atoms with Crippen molar-refractivity contribution in [3.05, 3.63) is 393 Å². The Morgan fingerprint density at radius 1 is 0.351 bits per heavy atom. The van der Waals surface area contributed by atoms with Crippen LogP contribution in [0.3, 0.4) is 0 Å². The summed E-state index contributed by atoms with van der Waals surface area (Å²) in [5, 5.41) is 0. The molecule has 3 atom stereocenters. The van der Waals surface area contributed by atoms with Gasteiger partial charge in [-0.05, 0) is 214 Å². The van der Waals surface area contributed by atoms with Gasteiger partial charge in [0.1, 0.15) is 12.4 Å². The average molecular weight is 1210 g/mol. The van der Waals surface area contributed by atoms with Crippen molar-refractivity contribution in [2.45, 2.75) is 88.6 Å². The molecule has 2 heteroatoms. The number of hydrogen-bond donors (Lipinski definition) is 0. The molecule has 0 saturated carbocycles. The minimum atomic E-state index is -0.677. The maximum atomic E-state index is 6.73. The summed E-state index contributed by atoms with van der Waals surface area (Å²) in [7, 11) is 0. The van der Waals surface area contributed by atoms with Crippen LogP contribution >= 0.6 is 0 Å². The number of hydrogen-bond acceptors (Lipinski definition) is 2. The second-order valence-corrected chi connectivity index (χ2v) is 26.7. The van der Waals surface area contributed by atoms with Crippen LogP contribution in [0.25, 0.3) is 44.5 Å². The van der Waals surface area contributed by atoms with Crippen molar-refractivity contribution < 1.29 is 4.74 Å². The van der Waals surface area contributed by atoms with Crippen LogP contribution in [0.4, 0.5) is 17.1 Å². The van der Waals surface area contributed by atoms with Gasteiger partial charge in [-0.3, -0.25) is 0 Å². The molecule has 0 saturated heterocycles. The van der Waals surface area contributed by atoms with Crippen LogP contribution in [0.15, 0.2) is 315 Å². The molecule has 0 radical (unpaired) electrons. The Balaban J connectivity index is 0.756. The van der Waals surface area contributed by atoms with Crippen LogP contribution in [-0.2, 0) is 30.3 Å². The lowest BCUT2D eigenvalue weighted by molar-refractivity contribution is 0.306. The Kier molecular flexibility index (Phi) is 15.3. The first kappa shape index (κ1) is 58.5. The van der Waals surface area contributed by atoms with E-state index in [0.29, 0.717) is 24.4 Å². The Morgan fingerprint density at radius 2 is 0.787 bits per heavy atom. The second-order valence-electron chi connectivity index (χ2n) is 26.7. The summed E-state index contributed by atoms with van der Waals surface area (Å²) in [6.07, 6.45) is 4.64. The minimum Gasteiger partial charge on any atom is -0.489 e. The van der Waals surface area contributed by atoms with E-state index >= 15 is 0 Å². The van der Waals surface area contributed by atoms with Crippen LogP contribution in [0, 0.1) is 0 Å². The maximum absolute atomic E-state index is 6.73. The Bertz CT molecular complexity index is 4820. The number of rotatable bonds is 18. The van der Waals surface area contributed by atoms with Crippen molar-refractivity contribution in [1.82, 2.24) is 0 Å². The second kappa shape index (κ2) is 24.5. The molecule has 0 amide bonds. The molecule has 0 bridgehead atoms. The van der Waals surface area contributed by atoms with E-state index in [0.717, 1.165) is 41.2 Å². The Hall–Kier alpha value is -10.5. The monoisotopic (exact) mass is 1210 g/mol. The summed E-state index contributed by atoms with van der Waals surface area (Å²) in [6.45, 7) is 9.76. The van der Waals surface area contributed by atoms with Crippen LogP contribution in [-0.4, -0.2) is 0 Å². The lowest BCUT2D eigenvalue weighted by Gasteiger charge is -2.36. The van der Waals surface area contributed by atoms with Crippen LogP contribution in [0.1, 0.15) is 136 Å². The normalized spacial score (nSPS) is 15.2. The molecule has 3 unspecified atom stereocenters. The molecule has 0 fully saturated rings. The first-order valence-electron chi connectivity index (χ1n) is 34.0. The van der Waals surface area contributed by atoms with Gasteiger partial charge in [0.25, 0.3) is 0 Å². The number of anilines is 3. The molecule has 13 aromatic carbocycles. The van der Waals surface area contributed by atoms with Crippen molar-refractivity contribution in [2.24, 2.45) is 0 Å². The lowest BCUT2D eigenvalue weighted by Crippen LogP contribution is -2.29. The van der Waals surface area contributed by atoms with Gasteiger partial charge in [0.05, 0.1) is 10.8 Å². The van der Waals surface area contributed by atoms with Gasteiger partial charge in [0, 0.05) is 17.1 Å². The molecular formula is C92H77NO. The maximum Gasteiger partial charge on any atom is 0.119 e. The summed E-state index contributed by atoms with van der Waals surface area (Å²) in [4.78, 5) is 2.50. The minimum absolute atomic E-state index is 0.387. The van der Waals surface area contributed by atoms with Gasteiger partial charge >= 0.3 is 0 Å². The number of aryl methyl sites for hydroxylation is 2. The van der Waals surface area contributed by atoms with E-state index < -0.39 is 10.8 Å². The van der Waals surface area contributed by atoms with E-state index in [2.05, 4.69) is 348 Å². The lowest BCUT2D eigenvalue weighted by atomic mass is 9.67. The van der Waals surface area contributed by atoms with Crippen LogP contribution in [0.2, 0.25) is 0 Å². The highest BCUT2D eigenvalue weighted by Gasteiger charge is 2.48. The van der Waals surface area contributed by atoms with Crippen LogP contribution < -0.4 is 9.64 Å². The van der Waals surface area contributed by atoms with Crippen molar-refractivity contribution in [3.8, 4) is 50.3 Å². The fourth-order valence-electron chi connectivity index (χ4n) is 16.1. The first-order valence-corrected chi connectivity index (χ1v) is 34.0. The molecule has 2 nitrogen and oxygen atoms in total. The van der Waals surface area contributed by atoms with E-state index in [4.69, 9.17) is 4.74 Å². The molecule has 456 valence electrons.